The summed E-state index contributed by atoms with van der Waals surface area (Å²) < 4.78 is 5.50. The average molecular weight is 406 g/mol. The van der Waals surface area contributed by atoms with Gasteiger partial charge in [0, 0.05) is 36.8 Å². The predicted molar refractivity (Wildman–Crippen MR) is 115 cm³/mol. The van der Waals surface area contributed by atoms with Gasteiger partial charge in [0.2, 0.25) is 0 Å². The van der Waals surface area contributed by atoms with Gasteiger partial charge in [0.25, 0.3) is 5.56 Å². The number of pyridine rings is 1. The van der Waals surface area contributed by atoms with Crippen molar-refractivity contribution in [2.75, 3.05) is 19.7 Å². The van der Waals surface area contributed by atoms with E-state index < -0.39 is 0 Å². The van der Waals surface area contributed by atoms with Gasteiger partial charge in [-0.2, -0.15) is 0 Å². The predicted octanol–water partition coefficient (Wildman–Crippen LogP) is 3.32. The number of aromatic amines is 1. The van der Waals surface area contributed by atoms with E-state index in [1.807, 2.05) is 37.3 Å². The van der Waals surface area contributed by atoms with Crippen LogP contribution in [0, 0.1) is 0 Å². The lowest BCUT2D eigenvalue weighted by molar-refractivity contribution is 0.196. The van der Waals surface area contributed by atoms with E-state index in [2.05, 4.69) is 14.9 Å². The number of rotatable bonds is 6. The summed E-state index contributed by atoms with van der Waals surface area (Å²) >= 11 is 0. The molecule has 4 rings (SSSR count). The maximum absolute atomic E-state index is 12.3. The fraction of sp³-hybridized carbons (Fsp3) is 0.348. The van der Waals surface area contributed by atoms with Gasteiger partial charge in [0.15, 0.2) is 17.3 Å². The Balaban J connectivity index is 1.53. The lowest BCUT2D eigenvalue weighted by atomic mass is 9.94. The number of para-hydroxylation sites is 1. The average Bonchev–Trinajstić information content (AvgIpc) is 2.77. The lowest BCUT2D eigenvalue weighted by Crippen LogP contribution is -2.34. The third kappa shape index (κ3) is 4.52. The number of phenols is 1. The second-order valence-corrected chi connectivity index (χ2v) is 7.51. The summed E-state index contributed by atoms with van der Waals surface area (Å²) in [6, 6.07) is 12.7. The zero-order chi connectivity index (χ0) is 20.9. The van der Waals surface area contributed by atoms with E-state index in [0.717, 1.165) is 37.2 Å². The third-order valence-electron chi connectivity index (χ3n) is 5.37. The fourth-order valence-corrected chi connectivity index (χ4v) is 3.96. The fourth-order valence-electron chi connectivity index (χ4n) is 3.96. The minimum Gasteiger partial charge on any atom is -0.504 e. The molecule has 7 heteroatoms. The number of hydrogen-bond donors (Lipinski definition) is 2. The molecule has 2 aromatic heterocycles. The molecule has 3 aromatic rings. The number of benzene rings is 1. The molecule has 0 bridgehead atoms. The van der Waals surface area contributed by atoms with Gasteiger partial charge in [-0.1, -0.05) is 18.2 Å². The van der Waals surface area contributed by atoms with E-state index in [4.69, 9.17) is 9.72 Å². The number of nitrogens with one attached hydrogen (secondary N) is 1. The molecule has 1 fully saturated rings. The van der Waals surface area contributed by atoms with Crippen molar-refractivity contribution < 1.29 is 9.84 Å². The largest absolute Gasteiger partial charge is 0.504 e. The highest BCUT2D eigenvalue weighted by molar-refractivity contribution is 5.48. The Labute approximate surface area is 175 Å². The van der Waals surface area contributed by atoms with Gasteiger partial charge in [0.05, 0.1) is 12.3 Å². The monoisotopic (exact) mass is 406 g/mol. The summed E-state index contributed by atoms with van der Waals surface area (Å²) in [6.45, 7) is 4.74. The molecule has 156 valence electrons. The van der Waals surface area contributed by atoms with Crippen molar-refractivity contribution in [3.8, 4) is 23.0 Å². The van der Waals surface area contributed by atoms with Gasteiger partial charge in [-0.05, 0) is 44.5 Å². The van der Waals surface area contributed by atoms with E-state index in [1.54, 1.807) is 18.3 Å². The van der Waals surface area contributed by atoms with Crippen LogP contribution in [0.25, 0.3) is 11.5 Å². The SMILES string of the molecule is CCOc1cccc(CN2CCC[C@@H](c3cc(=O)[nH]c(-c4ccccn4)n3)C2)c1O. The molecule has 3 heterocycles. The van der Waals surface area contributed by atoms with E-state index in [-0.39, 0.29) is 17.2 Å². The Kier molecular flexibility index (Phi) is 6.09. The van der Waals surface area contributed by atoms with E-state index in [0.29, 0.717) is 30.4 Å². The minimum atomic E-state index is -0.167. The van der Waals surface area contributed by atoms with Crippen molar-refractivity contribution in [2.45, 2.75) is 32.2 Å². The molecule has 1 aliphatic rings. The van der Waals surface area contributed by atoms with Gasteiger partial charge < -0.3 is 14.8 Å². The summed E-state index contributed by atoms with van der Waals surface area (Å²) in [5, 5.41) is 10.5. The third-order valence-corrected chi connectivity index (χ3v) is 5.37. The van der Waals surface area contributed by atoms with Crippen LogP contribution in [0.5, 0.6) is 11.5 Å². The number of ether oxygens (including phenoxy) is 1. The molecule has 1 aromatic carbocycles. The zero-order valence-corrected chi connectivity index (χ0v) is 17.0. The normalized spacial score (nSPS) is 17.0. The zero-order valence-electron chi connectivity index (χ0n) is 17.0. The van der Waals surface area contributed by atoms with Crippen molar-refractivity contribution in [1.82, 2.24) is 19.9 Å². The lowest BCUT2D eigenvalue weighted by Gasteiger charge is -2.32. The molecule has 1 aliphatic heterocycles. The van der Waals surface area contributed by atoms with Crippen molar-refractivity contribution in [3.63, 3.8) is 0 Å². The Morgan fingerprint density at radius 3 is 2.97 bits per heavy atom. The second kappa shape index (κ2) is 9.09. The quantitative estimate of drug-likeness (QED) is 0.653. The first-order valence-corrected chi connectivity index (χ1v) is 10.3. The van der Waals surface area contributed by atoms with Gasteiger partial charge in [0.1, 0.15) is 5.69 Å². The number of likely N-dealkylation sites (tertiary alicyclic amines) is 1. The van der Waals surface area contributed by atoms with E-state index >= 15 is 0 Å². The summed E-state index contributed by atoms with van der Waals surface area (Å²) in [5.41, 5.74) is 2.12. The summed E-state index contributed by atoms with van der Waals surface area (Å²) in [6.07, 6.45) is 3.66. The van der Waals surface area contributed by atoms with Crippen molar-refractivity contribution in [2.24, 2.45) is 0 Å². The van der Waals surface area contributed by atoms with E-state index in [1.165, 1.54) is 0 Å². The molecule has 7 nitrogen and oxygen atoms in total. The minimum absolute atomic E-state index is 0.153. The van der Waals surface area contributed by atoms with Gasteiger partial charge in [-0.15, -0.1) is 0 Å². The number of phenolic OH excluding ortho intramolecular Hbond substituents is 1. The van der Waals surface area contributed by atoms with Crippen LogP contribution in [-0.2, 0) is 6.54 Å². The molecule has 0 unspecified atom stereocenters. The molecule has 0 saturated carbocycles. The van der Waals surface area contributed by atoms with Gasteiger partial charge in [-0.25, -0.2) is 4.98 Å². The standard InChI is InChI=1S/C23H26N4O3/c1-2-30-20-10-5-7-17(22(20)29)15-27-12-6-8-16(14-27)19-13-21(28)26-23(25-19)18-9-3-4-11-24-18/h3-5,7,9-11,13,16,29H,2,6,8,12,14-15H2,1H3,(H,25,26,28)/t16-/m1/s1. The number of aromatic hydroxyl groups is 1. The highest BCUT2D eigenvalue weighted by Gasteiger charge is 2.24. The van der Waals surface area contributed by atoms with Crippen LogP contribution in [0.1, 0.15) is 36.9 Å². The molecule has 0 amide bonds. The molecular formula is C23H26N4O3. The number of H-pyrrole nitrogens is 1. The summed E-state index contributed by atoms with van der Waals surface area (Å²) in [7, 11) is 0. The maximum atomic E-state index is 12.3. The highest BCUT2D eigenvalue weighted by Crippen LogP contribution is 2.33. The Morgan fingerprint density at radius 1 is 1.27 bits per heavy atom. The number of hydrogen-bond acceptors (Lipinski definition) is 6. The van der Waals surface area contributed by atoms with E-state index in [9.17, 15) is 9.90 Å². The van der Waals surface area contributed by atoms with Crippen molar-refractivity contribution in [1.29, 1.82) is 0 Å². The van der Waals surface area contributed by atoms with Gasteiger partial charge >= 0.3 is 0 Å². The van der Waals surface area contributed by atoms with Crippen molar-refractivity contribution in [3.05, 3.63) is 70.3 Å². The topological polar surface area (TPSA) is 91.3 Å². The molecule has 1 atom stereocenters. The molecule has 0 aliphatic carbocycles. The first-order chi connectivity index (χ1) is 14.6. The molecule has 2 N–H and O–H groups in total. The summed E-state index contributed by atoms with van der Waals surface area (Å²) in [4.78, 5) is 26.4. The highest BCUT2D eigenvalue weighted by atomic mass is 16.5. The number of aromatic nitrogens is 3. The number of nitrogens with zero attached hydrogens (tertiary/aromatic N) is 3. The second-order valence-electron chi connectivity index (χ2n) is 7.51. The van der Waals surface area contributed by atoms with Crippen LogP contribution in [0.2, 0.25) is 0 Å². The Morgan fingerprint density at radius 2 is 2.17 bits per heavy atom. The van der Waals surface area contributed by atoms with Crippen LogP contribution < -0.4 is 10.3 Å². The molecule has 0 radical (unpaired) electrons. The Hall–Kier alpha value is -3.19. The van der Waals surface area contributed by atoms with Crippen LogP contribution in [0.15, 0.2) is 53.5 Å². The molecule has 1 saturated heterocycles. The molecule has 0 spiro atoms. The van der Waals surface area contributed by atoms with Gasteiger partial charge in [-0.3, -0.25) is 14.7 Å². The van der Waals surface area contributed by atoms with Crippen LogP contribution in [0.3, 0.4) is 0 Å². The summed E-state index contributed by atoms with van der Waals surface area (Å²) in [5.74, 6) is 1.37. The van der Waals surface area contributed by atoms with Crippen LogP contribution in [-0.4, -0.2) is 44.7 Å². The van der Waals surface area contributed by atoms with Crippen LogP contribution >= 0.6 is 0 Å². The smallest absolute Gasteiger partial charge is 0.251 e. The first-order valence-electron chi connectivity index (χ1n) is 10.3. The van der Waals surface area contributed by atoms with Crippen molar-refractivity contribution >= 4 is 0 Å². The van der Waals surface area contributed by atoms with Crippen LogP contribution in [0.4, 0.5) is 0 Å². The first kappa shape index (κ1) is 20.1. The maximum Gasteiger partial charge on any atom is 0.251 e. The Bertz CT molecular complexity index is 1050. The number of piperidine rings is 1. The molecule has 30 heavy (non-hydrogen) atoms. The molecular weight excluding hydrogens is 380 g/mol.